The summed E-state index contributed by atoms with van der Waals surface area (Å²) in [6.45, 7) is 3.43. The lowest BCUT2D eigenvalue weighted by atomic mass is 10.1. The Morgan fingerprint density at radius 2 is 1.91 bits per heavy atom. The van der Waals surface area contributed by atoms with Crippen LogP contribution in [0.15, 0.2) is 29.0 Å². The average Bonchev–Trinajstić information content (AvgIpc) is 3.10. The van der Waals surface area contributed by atoms with Crippen molar-refractivity contribution in [2.75, 3.05) is 13.2 Å². The number of hydrogen-bond acceptors (Lipinski definition) is 6. The molecule has 23 heavy (non-hydrogen) atoms. The molecular formula is C17H16N2O2S2. The maximum absolute atomic E-state index is 5.76. The molecule has 0 unspecified atom stereocenters. The molecule has 6 heteroatoms. The van der Waals surface area contributed by atoms with Gasteiger partial charge in [0.15, 0.2) is 11.5 Å². The third-order valence-corrected chi connectivity index (χ3v) is 5.27. The summed E-state index contributed by atoms with van der Waals surface area (Å²) in [5.41, 5.74) is 3.13. The number of aryl methyl sites for hydroxylation is 1. The lowest BCUT2D eigenvalue weighted by Gasteiger charge is -2.08. The van der Waals surface area contributed by atoms with Crippen LogP contribution in [0.2, 0.25) is 0 Å². The van der Waals surface area contributed by atoms with Gasteiger partial charge in [-0.1, -0.05) is 0 Å². The molecule has 3 aromatic rings. The van der Waals surface area contributed by atoms with Crippen molar-refractivity contribution in [3.63, 3.8) is 0 Å². The molecule has 0 aliphatic carbocycles. The van der Waals surface area contributed by atoms with Crippen LogP contribution >= 0.6 is 22.7 Å². The molecule has 0 amide bonds. The van der Waals surface area contributed by atoms with Gasteiger partial charge in [-0.2, -0.15) is 0 Å². The molecule has 4 nitrogen and oxygen atoms in total. The summed E-state index contributed by atoms with van der Waals surface area (Å²) in [6.07, 6.45) is 1.71. The molecule has 1 aromatic carbocycles. The number of fused-ring (bicyclic) bond motifs is 1. The zero-order valence-electron chi connectivity index (χ0n) is 12.7. The monoisotopic (exact) mass is 344 g/mol. The van der Waals surface area contributed by atoms with Crippen LogP contribution in [0.3, 0.4) is 0 Å². The van der Waals surface area contributed by atoms with Crippen LogP contribution in [-0.4, -0.2) is 23.2 Å². The highest BCUT2D eigenvalue weighted by Gasteiger charge is 2.13. The molecule has 0 saturated heterocycles. The lowest BCUT2D eigenvalue weighted by Crippen LogP contribution is -1.97. The van der Waals surface area contributed by atoms with Gasteiger partial charge in [0.2, 0.25) is 0 Å². The molecule has 118 valence electrons. The highest BCUT2D eigenvalue weighted by molar-refractivity contribution is 7.10. The Morgan fingerprint density at radius 3 is 2.74 bits per heavy atom. The predicted molar refractivity (Wildman–Crippen MR) is 92.8 cm³/mol. The Kier molecular flexibility index (Phi) is 4.01. The highest BCUT2D eigenvalue weighted by atomic mass is 32.1. The third kappa shape index (κ3) is 3.23. The van der Waals surface area contributed by atoms with Crippen molar-refractivity contribution in [2.24, 2.45) is 0 Å². The first-order chi connectivity index (χ1) is 11.3. The predicted octanol–water partition coefficient (Wildman–Crippen LogP) is 4.33. The Bertz CT molecular complexity index is 826. The van der Waals surface area contributed by atoms with Gasteiger partial charge in [-0.25, -0.2) is 9.97 Å². The zero-order chi connectivity index (χ0) is 15.6. The Morgan fingerprint density at radius 1 is 1.04 bits per heavy atom. The van der Waals surface area contributed by atoms with E-state index in [1.165, 1.54) is 0 Å². The van der Waals surface area contributed by atoms with E-state index in [0.29, 0.717) is 13.2 Å². The summed E-state index contributed by atoms with van der Waals surface area (Å²) in [5.74, 6) is 1.63. The topological polar surface area (TPSA) is 44.2 Å². The summed E-state index contributed by atoms with van der Waals surface area (Å²) in [5, 5.41) is 6.37. The number of aromatic nitrogens is 2. The molecule has 1 aliphatic rings. The van der Waals surface area contributed by atoms with E-state index in [0.717, 1.165) is 51.3 Å². The van der Waals surface area contributed by atoms with Crippen molar-refractivity contribution < 1.29 is 9.47 Å². The second-order valence-corrected chi connectivity index (χ2v) is 7.38. The third-order valence-electron chi connectivity index (χ3n) is 3.59. The maximum atomic E-state index is 5.76. The minimum absolute atomic E-state index is 0.696. The van der Waals surface area contributed by atoms with E-state index in [-0.39, 0.29) is 0 Å². The molecule has 2 aromatic heterocycles. The largest absolute Gasteiger partial charge is 0.490 e. The standard InChI is InChI=1S/C17H16N2O2S2/c1-11-18-13(9-22-11)8-17-19-14(10-23-17)12-3-4-15-16(7-12)21-6-2-5-20-15/h3-4,7,9-10H,2,5-6,8H2,1H3. The molecule has 0 saturated carbocycles. The van der Waals surface area contributed by atoms with E-state index in [9.17, 15) is 0 Å². The molecule has 0 atom stereocenters. The first kappa shape index (κ1) is 14.7. The van der Waals surface area contributed by atoms with Crippen LogP contribution in [0.25, 0.3) is 11.3 Å². The maximum Gasteiger partial charge on any atom is 0.161 e. The number of benzene rings is 1. The molecule has 0 N–H and O–H groups in total. The molecular weight excluding hydrogens is 328 g/mol. The second kappa shape index (κ2) is 6.29. The van der Waals surface area contributed by atoms with Crippen LogP contribution in [0.1, 0.15) is 22.1 Å². The number of rotatable bonds is 3. The Balaban J connectivity index is 1.57. The highest BCUT2D eigenvalue weighted by Crippen LogP contribution is 2.34. The van der Waals surface area contributed by atoms with Gasteiger partial charge in [0, 0.05) is 29.2 Å². The number of thiazole rings is 2. The van der Waals surface area contributed by atoms with Gasteiger partial charge in [-0.3, -0.25) is 0 Å². The zero-order valence-corrected chi connectivity index (χ0v) is 14.4. The van der Waals surface area contributed by atoms with Crippen molar-refractivity contribution in [1.29, 1.82) is 0 Å². The fourth-order valence-electron chi connectivity index (χ4n) is 2.49. The van der Waals surface area contributed by atoms with Gasteiger partial charge in [-0.05, 0) is 25.1 Å². The fraction of sp³-hybridized carbons (Fsp3) is 0.294. The molecule has 1 aliphatic heterocycles. The Labute approximate surface area is 142 Å². The summed E-state index contributed by atoms with van der Waals surface area (Å²) in [6, 6.07) is 6.03. The lowest BCUT2D eigenvalue weighted by molar-refractivity contribution is 0.297. The minimum Gasteiger partial charge on any atom is -0.490 e. The minimum atomic E-state index is 0.696. The van der Waals surface area contributed by atoms with Gasteiger partial charge >= 0.3 is 0 Å². The van der Waals surface area contributed by atoms with E-state index in [1.807, 2.05) is 25.1 Å². The van der Waals surface area contributed by atoms with Crippen LogP contribution in [-0.2, 0) is 6.42 Å². The smallest absolute Gasteiger partial charge is 0.161 e. The molecule has 0 spiro atoms. The normalized spacial score (nSPS) is 13.8. The van der Waals surface area contributed by atoms with Crippen molar-refractivity contribution in [2.45, 2.75) is 19.8 Å². The number of ether oxygens (including phenoxy) is 2. The SMILES string of the molecule is Cc1nc(Cc2nc(-c3ccc4c(c3)OCCCO4)cs2)cs1. The van der Waals surface area contributed by atoms with Crippen LogP contribution < -0.4 is 9.47 Å². The molecule has 0 bridgehead atoms. The fourth-order valence-corrected chi connectivity index (χ4v) is 3.92. The van der Waals surface area contributed by atoms with Crippen LogP contribution in [0, 0.1) is 6.92 Å². The van der Waals surface area contributed by atoms with E-state index in [4.69, 9.17) is 14.5 Å². The van der Waals surface area contributed by atoms with Gasteiger partial charge in [0.05, 0.1) is 34.6 Å². The molecule has 0 fully saturated rings. The summed E-state index contributed by atoms with van der Waals surface area (Å²) in [4.78, 5) is 9.25. The van der Waals surface area contributed by atoms with Crippen molar-refractivity contribution in [1.82, 2.24) is 9.97 Å². The summed E-state index contributed by atoms with van der Waals surface area (Å²) >= 11 is 3.35. The quantitative estimate of drug-likeness (QED) is 0.709. The molecule has 0 radical (unpaired) electrons. The second-order valence-electron chi connectivity index (χ2n) is 5.37. The summed E-state index contributed by atoms with van der Waals surface area (Å²) in [7, 11) is 0. The Hall–Kier alpha value is -1.92. The number of nitrogens with zero attached hydrogens (tertiary/aromatic N) is 2. The molecule has 4 rings (SSSR count). The van der Waals surface area contributed by atoms with Crippen LogP contribution in [0.5, 0.6) is 11.5 Å². The average molecular weight is 344 g/mol. The van der Waals surface area contributed by atoms with Gasteiger partial charge < -0.3 is 9.47 Å². The van der Waals surface area contributed by atoms with Crippen molar-refractivity contribution >= 4 is 22.7 Å². The van der Waals surface area contributed by atoms with Gasteiger partial charge in [0.1, 0.15) is 0 Å². The number of hydrogen-bond donors (Lipinski definition) is 0. The van der Waals surface area contributed by atoms with E-state index in [1.54, 1.807) is 22.7 Å². The van der Waals surface area contributed by atoms with E-state index < -0.39 is 0 Å². The molecule has 3 heterocycles. The summed E-state index contributed by atoms with van der Waals surface area (Å²) < 4.78 is 11.4. The first-order valence-electron chi connectivity index (χ1n) is 7.53. The van der Waals surface area contributed by atoms with Gasteiger partial charge in [-0.15, -0.1) is 22.7 Å². The van der Waals surface area contributed by atoms with Crippen LogP contribution in [0.4, 0.5) is 0 Å². The van der Waals surface area contributed by atoms with E-state index >= 15 is 0 Å². The van der Waals surface area contributed by atoms with Crippen molar-refractivity contribution in [3.8, 4) is 22.8 Å². The van der Waals surface area contributed by atoms with Crippen molar-refractivity contribution in [3.05, 3.63) is 44.7 Å². The van der Waals surface area contributed by atoms with Gasteiger partial charge in [0.25, 0.3) is 0 Å². The first-order valence-corrected chi connectivity index (χ1v) is 9.29. The van der Waals surface area contributed by atoms with E-state index in [2.05, 4.69) is 15.7 Å².